The Morgan fingerprint density at radius 1 is 1.00 bits per heavy atom. The number of alkyl halides is 3. The predicted octanol–water partition coefficient (Wildman–Crippen LogP) is 5.62. The molecule has 0 bridgehead atoms. The maximum absolute atomic E-state index is 13.0. The van der Waals surface area contributed by atoms with E-state index in [0.29, 0.717) is 11.6 Å². The SMILES string of the molecule is Cc1cc(S(=O)(=O)Nc2ccc(F)cc2)ccc1OCC(=O)Nc1ccc(Cl)c(C(F)(F)F)c1. The molecule has 0 saturated heterocycles. The highest BCUT2D eigenvalue weighted by molar-refractivity contribution is 7.92. The van der Waals surface area contributed by atoms with E-state index in [-0.39, 0.29) is 22.0 Å². The number of carbonyl (C=O) groups is 1. The van der Waals surface area contributed by atoms with Gasteiger partial charge in [0.1, 0.15) is 11.6 Å². The largest absolute Gasteiger partial charge is 0.483 e. The molecule has 2 N–H and O–H groups in total. The molecule has 6 nitrogen and oxygen atoms in total. The topological polar surface area (TPSA) is 84.5 Å². The number of hydrogen-bond acceptors (Lipinski definition) is 4. The van der Waals surface area contributed by atoms with Crippen molar-refractivity contribution in [2.75, 3.05) is 16.6 Å². The van der Waals surface area contributed by atoms with Crippen LogP contribution in [0.15, 0.2) is 65.6 Å². The van der Waals surface area contributed by atoms with Gasteiger partial charge < -0.3 is 10.1 Å². The second-order valence-corrected chi connectivity index (χ2v) is 9.16. The Morgan fingerprint density at radius 3 is 2.26 bits per heavy atom. The van der Waals surface area contributed by atoms with Gasteiger partial charge in [0.25, 0.3) is 15.9 Å². The smallest absolute Gasteiger partial charge is 0.417 e. The average Bonchev–Trinajstić information content (AvgIpc) is 2.75. The summed E-state index contributed by atoms with van der Waals surface area (Å²) in [6.07, 6.45) is -4.68. The van der Waals surface area contributed by atoms with Gasteiger partial charge in [0.15, 0.2) is 6.61 Å². The van der Waals surface area contributed by atoms with Crippen molar-refractivity contribution in [1.82, 2.24) is 0 Å². The van der Waals surface area contributed by atoms with Gasteiger partial charge in [-0.05, 0) is 73.2 Å². The molecular formula is C22H17ClF4N2O4S. The highest BCUT2D eigenvalue weighted by Crippen LogP contribution is 2.36. The highest BCUT2D eigenvalue weighted by atomic mass is 35.5. The van der Waals surface area contributed by atoms with E-state index in [0.717, 1.165) is 18.2 Å². The van der Waals surface area contributed by atoms with Crippen molar-refractivity contribution in [3.05, 3.63) is 82.6 Å². The van der Waals surface area contributed by atoms with Gasteiger partial charge in [-0.1, -0.05) is 11.6 Å². The van der Waals surface area contributed by atoms with Crippen molar-refractivity contribution in [3.8, 4) is 5.75 Å². The van der Waals surface area contributed by atoms with Gasteiger partial charge in [-0.3, -0.25) is 9.52 Å². The number of anilines is 2. The lowest BCUT2D eigenvalue weighted by atomic mass is 10.2. The molecule has 3 rings (SSSR count). The van der Waals surface area contributed by atoms with Crippen LogP contribution < -0.4 is 14.8 Å². The molecule has 3 aromatic carbocycles. The van der Waals surface area contributed by atoms with Crippen molar-refractivity contribution >= 4 is 38.9 Å². The summed E-state index contributed by atoms with van der Waals surface area (Å²) in [5.74, 6) is -1.05. The zero-order chi connectivity index (χ0) is 25.1. The van der Waals surface area contributed by atoms with Crippen LogP contribution in [0.25, 0.3) is 0 Å². The normalized spacial score (nSPS) is 11.7. The first-order chi connectivity index (χ1) is 15.8. The van der Waals surface area contributed by atoms with E-state index in [1.165, 1.54) is 36.4 Å². The Hall–Kier alpha value is -3.31. The fourth-order valence-corrected chi connectivity index (χ4v) is 4.21. The number of nitrogens with one attached hydrogen (secondary N) is 2. The number of carbonyl (C=O) groups excluding carboxylic acids is 1. The lowest BCUT2D eigenvalue weighted by Gasteiger charge is -2.13. The van der Waals surface area contributed by atoms with Gasteiger partial charge in [0, 0.05) is 11.4 Å². The molecular weight excluding hydrogens is 500 g/mol. The first-order valence-corrected chi connectivity index (χ1v) is 11.4. The van der Waals surface area contributed by atoms with Crippen LogP contribution in [-0.2, 0) is 21.0 Å². The lowest BCUT2D eigenvalue weighted by molar-refractivity contribution is -0.137. The van der Waals surface area contributed by atoms with Crippen LogP contribution in [0.5, 0.6) is 5.75 Å². The first kappa shape index (κ1) is 25.3. The molecule has 0 unspecified atom stereocenters. The summed E-state index contributed by atoms with van der Waals surface area (Å²) in [4.78, 5) is 12.0. The molecule has 180 valence electrons. The molecule has 0 aliphatic carbocycles. The number of rotatable bonds is 7. The Labute approximate surface area is 197 Å². The molecule has 3 aromatic rings. The van der Waals surface area contributed by atoms with Crippen LogP contribution in [-0.4, -0.2) is 20.9 Å². The summed E-state index contributed by atoms with van der Waals surface area (Å²) in [7, 11) is -3.97. The molecule has 0 atom stereocenters. The van der Waals surface area contributed by atoms with Crippen molar-refractivity contribution in [1.29, 1.82) is 0 Å². The summed E-state index contributed by atoms with van der Waals surface area (Å²) in [6.45, 7) is 1.02. The van der Waals surface area contributed by atoms with Gasteiger partial charge >= 0.3 is 6.18 Å². The van der Waals surface area contributed by atoms with E-state index in [1.807, 2.05) is 0 Å². The summed E-state index contributed by atoms with van der Waals surface area (Å²) in [6, 6.07) is 11.6. The predicted molar refractivity (Wildman–Crippen MR) is 119 cm³/mol. The number of hydrogen-bond donors (Lipinski definition) is 2. The van der Waals surface area contributed by atoms with Gasteiger partial charge in [0.05, 0.1) is 15.5 Å². The van der Waals surface area contributed by atoms with Crippen molar-refractivity contribution in [2.24, 2.45) is 0 Å². The second kappa shape index (κ2) is 9.90. The maximum atomic E-state index is 13.0. The van der Waals surface area contributed by atoms with Crippen LogP contribution in [0.4, 0.5) is 28.9 Å². The minimum absolute atomic E-state index is 0.0908. The number of amides is 1. The minimum atomic E-state index is -4.68. The molecule has 0 aliphatic rings. The molecule has 0 aromatic heterocycles. The number of ether oxygens (including phenoxy) is 1. The summed E-state index contributed by atoms with van der Waals surface area (Å²) in [5, 5.41) is 1.78. The molecule has 0 saturated carbocycles. The third-order valence-corrected chi connectivity index (χ3v) is 6.18. The van der Waals surface area contributed by atoms with Crippen LogP contribution in [0.3, 0.4) is 0 Å². The number of benzene rings is 3. The summed E-state index contributed by atoms with van der Waals surface area (Å²) in [5.41, 5.74) is -0.641. The Morgan fingerprint density at radius 2 is 1.65 bits per heavy atom. The Kier molecular flexibility index (Phi) is 7.37. The second-order valence-electron chi connectivity index (χ2n) is 7.07. The van der Waals surface area contributed by atoms with E-state index in [4.69, 9.17) is 16.3 Å². The molecule has 0 spiro atoms. The summed E-state index contributed by atoms with van der Waals surface area (Å²) >= 11 is 5.55. The van der Waals surface area contributed by atoms with Crippen molar-refractivity contribution in [3.63, 3.8) is 0 Å². The fourth-order valence-electron chi connectivity index (χ4n) is 2.84. The van der Waals surface area contributed by atoms with E-state index in [9.17, 15) is 30.8 Å². The van der Waals surface area contributed by atoms with Crippen LogP contribution in [0.2, 0.25) is 5.02 Å². The molecule has 34 heavy (non-hydrogen) atoms. The quantitative estimate of drug-likeness (QED) is 0.399. The van der Waals surface area contributed by atoms with Crippen LogP contribution >= 0.6 is 11.6 Å². The van der Waals surface area contributed by atoms with E-state index < -0.39 is 45.1 Å². The van der Waals surface area contributed by atoms with Gasteiger partial charge in [-0.2, -0.15) is 13.2 Å². The highest BCUT2D eigenvalue weighted by Gasteiger charge is 2.33. The third-order valence-electron chi connectivity index (χ3n) is 4.47. The zero-order valence-corrected chi connectivity index (χ0v) is 19.0. The fraction of sp³-hybridized carbons (Fsp3) is 0.136. The molecule has 0 fully saturated rings. The average molecular weight is 517 g/mol. The van der Waals surface area contributed by atoms with Gasteiger partial charge in [-0.15, -0.1) is 0 Å². The molecule has 0 radical (unpaired) electrons. The van der Waals surface area contributed by atoms with Crippen molar-refractivity contribution < 1.29 is 35.5 Å². The maximum Gasteiger partial charge on any atom is 0.417 e. The van der Waals surface area contributed by atoms with Gasteiger partial charge in [0.2, 0.25) is 0 Å². The first-order valence-electron chi connectivity index (χ1n) is 9.53. The van der Waals surface area contributed by atoms with Crippen LogP contribution in [0, 0.1) is 12.7 Å². The van der Waals surface area contributed by atoms with E-state index in [2.05, 4.69) is 10.0 Å². The number of sulfonamides is 1. The minimum Gasteiger partial charge on any atom is -0.483 e. The van der Waals surface area contributed by atoms with Gasteiger partial charge in [-0.25, -0.2) is 12.8 Å². The van der Waals surface area contributed by atoms with E-state index in [1.54, 1.807) is 6.92 Å². The lowest BCUT2D eigenvalue weighted by Crippen LogP contribution is -2.21. The molecule has 1 amide bonds. The molecule has 0 aliphatic heterocycles. The molecule has 0 heterocycles. The summed E-state index contributed by atoms with van der Waals surface area (Å²) < 4.78 is 84.6. The van der Waals surface area contributed by atoms with Crippen LogP contribution in [0.1, 0.15) is 11.1 Å². The zero-order valence-electron chi connectivity index (χ0n) is 17.4. The van der Waals surface area contributed by atoms with Crippen molar-refractivity contribution in [2.45, 2.75) is 18.0 Å². The van der Waals surface area contributed by atoms with E-state index >= 15 is 0 Å². The Balaban J connectivity index is 1.65. The third kappa shape index (κ3) is 6.39. The Bertz CT molecular complexity index is 1310. The number of halogens is 5. The standard InChI is InChI=1S/C22H17ClF4N2O4S/c1-13-10-17(34(31,32)29-15-4-2-14(24)3-5-15)7-9-20(13)33-12-21(30)28-16-6-8-19(23)18(11-16)22(25,26)27/h2-11,29H,12H2,1H3,(H,28,30). The monoisotopic (exact) mass is 516 g/mol. The molecule has 12 heteroatoms. The number of aryl methyl sites for hydroxylation is 1.